The number of ketones is 1. The van der Waals surface area contributed by atoms with Crippen LogP contribution in [0.2, 0.25) is 0 Å². The predicted octanol–water partition coefficient (Wildman–Crippen LogP) is 1.74. The van der Waals surface area contributed by atoms with Gasteiger partial charge >= 0.3 is 0 Å². The summed E-state index contributed by atoms with van der Waals surface area (Å²) in [6, 6.07) is 5.96. The van der Waals surface area contributed by atoms with E-state index in [1.165, 1.54) is 12.1 Å². The minimum absolute atomic E-state index is 0.0264. The van der Waals surface area contributed by atoms with Gasteiger partial charge in [0, 0.05) is 41.4 Å². The van der Waals surface area contributed by atoms with Crippen LogP contribution in [0.3, 0.4) is 0 Å². The Labute approximate surface area is 127 Å². The van der Waals surface area contributed by atoms with Crippen LogP contribution in [0.25, 0.3) is 5.69 Å². The number of Topliss-reactive ketones (excluding diaryl/α,β-unsaturated/α-hetero) is 1. The molecule has 0 fully saturated rings. The van der Waals surface area contributed by atoms with Gasteiger partial charge in [-0.1, -0.05) is 0 Å². The Morgan fingerprint density at radius 1 is 1.27 bits per heavy atom. The molecule has 0 radical (unpaired) electrons. The molecule has 5 heteroatoms. The molecule has 4 nitrogen and oxygen atoms in total. The summed E-state index contributed by atoms with van der Waals surface area (Å²) in [5.74, 6) is -1.57. The van der Waals surface area contributed by atoms with Crippen molar-refractivity contribution in [2.45, 2.75) is 32.6 Å². The standard InChI is InChI=1S/C17H16FNO3/c1-10-13(9-16(21)22)17-14(3-2-4-15(17)20)19(10)12-7-5-11(18)6-8-12/h5-8H,2-4,9H2,1H3,(H,21,22)/p-1. The van der Waals surface area contributed by atoms with Crippen molar-refractivity contribution in [3.05, 3.63) is 52.6 Å². The largest absolute Gasteiger partial charge is 0.550 e. The number of aliphatic carboxylic acids is 1. The van der Waals surface area contributed by atoms with Gasteiger partial charge in [0.05, 0.1) is 0 Å². The Morgan fingerprint density at radius 3 is 2.59 bits per heavy atom. The van der Waals surface area contributed by atoms with Crippen molar-refractivity contribution >= 4 is 11.8 Å². The maximum absolute atomic E-state index is 13.1. The fourth-order valence-electron chi connectivity index (χ4n) is 3.21. The first kappa shape index (κ1) is 14.5. The molecule has 2 aromatic rings. The van der Waals surface area contributed by atoms with Crippen molar-refractivity contribution in [3.8, 4) is 5.69 Å². The van der Waals surface area contributed by atoms with Gasteiger partial charge in [-0.2, -0.15) is 0 Å². The van der Waals surface area contributed by atoms with Crippen molar-refractivity contribution in [1.29, 1.82) is 0 Å². The monoisotopic (exact) mass is 300 g/mol. The highest BCUT2D eigenvalue weighted by molar-refractivity contribution is 6.01. The van der Waals surface area contributed by atoms with Gasteiger partial charge in [0.15, 0.2) is 5.78 Å². The van der Waals surface area contributed by atoms with Gasteiger partial charge in [0.1, 0.15) is 5.82 Å². The Morgan fingerprint density at radius 2 is 1.95 bits per heavy atom. The molecular formula is C17H15FNO3-. The number of carbonyl (C=O) groups is 2. The first-order chi connectivity index (χ1) is 10.5. The lowest BCUT2D eigenvalue weighted by Gasteiger charge is -2.16. The van der Waals surface area contributed by atoms with Crippen LogP contribution in [0.5, 0.6) is 0 Å². The number of hydrogen-bond acceptors (Lipinski definition) is 3. The lowest BCUT2D eigenvalue weighted by Crippen LogP contribution is -2.25. The highest BCUT2D eigenvalue weighted by Gasteiger charge is 2.28. The van der Waals surface area contributed by atoms with Crippen LogP contribution in [0.1, 0.15) is 40.2 Å². The van der Waals surface area contributed by atoms with Crippen LogP contribution >= 0.6 is 0 Å². The van der Waals surface area contributed by atoms with Crippen molar-refractivity contribution < 1.29 is 19.1 Å². The minimum atomic E-state index is -1.21. The fraction of sp³-hybridized carbons (Fsp3) is 0.294. The third-order valence-electron chi connectivity index (χ3n) is 4.13. The number of aromatic nitrogens is 1. The molecule has 1 heterocycles. The van der Waals surface area contributed by atoms with Crippen molar-refractivity contribution in [2.24, 2.45) is 0 Å². The van der Waals surface area contributed by atoms with E-state index < -0.39 is 5.97 Å². The molecular weight excluding hydrogens is 285 g/mol. The summed E-state index contributed by atoms with van der Waals surface area (Å²) in [5.41, 5.74) is 3.28. The molecule has 114 valence electrons. The highest BCUT2D eigenvalue weighted by atomic mass is 19.1. The van der Waals surface area contributed by atoms with Crippen LogP contribution in [0, 0.1) is 12.7 Å². The molecule has 0 bridgehead atoms. The van der Waals surface area contributed by atoms with Gasteiger partial charge < -0.3 is 14.5 Å². The number of carboxylic acids is 1. The fourth-order valence-corrected chi connectivity index (χ4v) is 3.21. The Kier molecular flexibility index (Phi) is 3.56. The van der Waals surface area contributed by atoms with E-state index in [2.05, 4.69) is 0 Å². The van der Waals surface area contributed by atoms with Crippen molar-refractivity contribution in [1.82, 2.24) is 4.57 Å². The molecule has 0 saturated carbocycles. The summed E-state index contributed by atoms with van der Waals surface area (Å²) >= 11 is 0. The van der Waals surface area contributed by atoms with E-state index in [4.69, 9.17) is 0 Å². The Bertz CT molecular complexity index is 759. The lowest BCUT2D eigenvalue weighted by molar-refractivity contribution is -0.304. The van der Waals surface area contributed by atoms with E-state index in [1.807, 2.05) is 4.57 Å². The van der Waals surface area contributed by atoms with Gasteiger partial charge in [-0.15, -0.1) is 0 Å². The van der Waals surface area contributed by atoms with Crippen molar-refractivity contribution in [2.75, 3.05) is 0 Å². The van der Waals surface area contributed by atoms with E-state index in [0.717, 1.165) is 17.8 Å². The average Bonchev–Trinajstić information content (AvgIpc) is 2.74. The molecule has 1 aromatic carbocycles. The normalized spacial score (nSPS) is 14.0. The maximum atomic E-state index is 13.1. The zero-order valence-electron chi connectivity index (χ0n) is 12.2. The predicted molar refractivity (Wildman–Crippen MR) is 76.4 cm³/mol. The molecule has 0 aliphatic heterocycles. The summed E-state index contributed by atoms with van der Waals surface area (Å²) in [6.07, 6.45) is 1.58. The molecule has 1 aliphatic carbocycles. The summed E-state index contributed by atoms with van der Waals surface area (Å²) < 4.78 is 15.0. The zero-order valence-corrected chi connectivity index (χ0v) is 12.2. The van der Waals surface area contributed by atoms with Crippen LogP contribution in [0.4, 0.5) is 4.39 Å². The maximum Gasteiger partial charge on any atom is 0.165 e. The topological polar surface area (TPSA) is 62.1 Å². The molecule has 3 rings (SSSR count). The van der Waals surface area contributed by atoms with Crippen LogP contribution in [-0.4, -0.2) is 16.3 Å². The first-order valence-electron chi connectivity index (χ1n) is 7.21. The van der Waals surface area contributed by atoms with Gasteiger partial charge in [-0.25, -0.2) is 4.39 Å². The Hall–Kier alpha value is -2.43. The average molecular weight is 300 g/mol. The molecule has 0 N–H and O–H groups in total. The van der Waals surface area contributed by atoms with Gasteiger partial charge in [0.25, 0.3) is 0 Å². The number of rotatable bonds is 3. The first-order valence-corrected chi connectivity index (χ1v) is 7.21. The van der Waals surface area contributed by atoms with Crippen LogP contribution in [-0.2, 0) is 17.6 Å². The SMILES string of the molecule is Cc1c(CC(=O)[O-])c2c(n1-c1ccc(F)cc1)CCCC2=O. The number of nitrogens with zero attached hydrogens (tertiary/aromatic N) is 1. The second-order valence-electron chi connectivity index (χ2n) is 5.52. The molecule has 22 heavy (non-hydrogen) atoms. The van der Waals surface area contributed by atoms with Gasteiger partial charge in [-0.3, -0.25) is 4.79 Å². The lowest BCUT2D eigenvalue weighted by atomic mass is 9.92. The molecule has 0 spiro atoms. The summed E-state index contributed by atoms with van der Waals surface area (Å²) in [7, 11) is 0. The third kappa shape index (κ3) is 2.32. The van der Waals surface area contributed by atoms with Crippen LogP contribution < -0.4 is 5.11 Å². The number of hydrogen-bond donors (Lipinski definition) is 0. The van der Waals surface area contributed by atoms with Crippen LogP contribution in [0.15, 0.2) is 24.3 Å². The van der Waals surface area contributed by atoms with E-state index in [9.17, 15) is 19.1 Å². The molecule has 0 amide bonds. The van der Waals surface area contributed by atoms with Gasteiger partial charge in [0.2, 0.25) is 0 Å². The third-order valence-corrected chi connectivity index (χ3v) is 4.13. The molecule has 0 unspecified atom stereocenters. The van der Waals surface area contributed by atoms with E-state index in [-0.39, 0.29) is 18.0 Å². The van der Waals surface area contributed by atoms with Crippen molar-refractivity contribution in [3.63, 3.8) is 0 Å². The summed E-state index contributed by atoms with van der Waals surface area (Å²) in [6.45, 7) is 1.78. The molecule has 0 atom stereocenters. The number of fused-ring (bicyclic) bond motifs is 1. The Balaban J connectivity index is 2.24. The second kappa shape index (κ2) is 5.40. The summed E-state index contributed by atoms with van der Waals surface area (Å²) in [5, 5.41) is 11.0. The smallest absolute Gasteiger partial charge is 0.165 e. The van der Waals surface area contributed by atoms with E-state index in [0.29, 0.717) is 29.7 Å². The number of carbonyl (C=O) groups excluding carboxylic acids is 2. The van der Waals surface area contributed by atoms with E-state index >= 15 is 0 Å². The summed E-state index contributed by atoms with van der Waals surface area (Å²) in [4.78, 5) is 23.3. The van der Waals surface area contributed by atoms with Gasteiger partial charge in [-0.05, 0) is 49.6 Å². The van der Waals surface area contributed by atoms with E-state index in [1.54, 1.807) is 19.1 Å². The molecule has 1 aliphatic rings. The highest BCUT2D eigenvalue weighted by Crippen LogP contribution is 2.32. The molecule has 0 saturated heterocycles. The minimum Gasteiger partial charge on any atom is -0.550 e. The number of carboxylic acid groups (broad SMARTS) is 1. The quantitative estimate of drug-likeness (QED) is 0.867. The zero-order chi connectivity index (χ0) is 15.9. The number of benzene rings is 1. The second-order valence-corrected chi connectivity index (χ2v) is 5.52. The molecule has 1 aromatic heterocycles. The number of halogens is 1.